The van der Waals surface area contributed by atoms with Gasteiger partial charge in [0.05, 0.1) is 7.11 Å². The summed E-state index contributed by atoms with van der Waals surface area (Å²) in [4.78, 5) is 0. The maximum atomic E-state index is 13.1. The van der Waals surface area contributed by atoms with E-state index in [1.165, 1.54) is 11.6 Å². The first-order valence-corrected chi connectivity index (χ1v) is 7.59. The molecule has 2 aromatic rings. The van der Waals surface area contributed by atoms with Gasteiger partial charge in [-0.1, -0.05) is 18.2 Å². The number of methoxy groups -OCH3 is 1. The Bertz CT molecular complexity index is 580. The molecule has 0 fully saturated rings. The Morgan fingerprint density at radius 3 is 2.38 bits per heavy atom. The van der Waals surface area contributed by atoms with Crippen LogP contribution in [0.3, 0.4) is 0 Å². The van der Waals surface area contributed by atoms with E-state index in [2.05, 4.69) is 12.1 Å². The van der Waals surface area contributed by atoms with Crippen LogP contribution in [0.15, 0.2) is 42.5 Å². The molecule has 0 heterocycles. The summed E-state index contributed by atoms with van der Waals surface area (Å²) in [6, 6.07) is 13.0. The Labute approximate surface area is 130 Å². The predicted octanol–water partition coefficient (Wildman–Crippen LogP) is 4.78. The largest absolute Gasteiger partial charge is 0.497 e. The first-order chi connectivity index (χ1) is 10.1. The second-order valence-electron chi connectivity index (χ2n) is 5.35. The number of halogens is 2. The van der Waals surface area contributed by atoms with Gasteiger partial charge in [-0.15, -0.1) is 11.6 Å². The van der Waals surface area contributed by atoms with E-state index in [1.54, 1.807) is 13.2 Å². The number of hydrogen-bond donors (Lipinski definition) is 0. The zero-order chi connectivity index (χ0) is 15.2. The molecule has 0 bridgehead atoms. The second kappa shape index (κ2) is 7.46. The van der Waals surface area contributed by atoms with Crippen LogP contribution >= 0.6 is 11.6 Å². The lowest BCUT2D eigenvalue weighted by atomic mass is 9.92. The van der Waals surface area contributed by atoms with Gasteiger partial charge in [0.25, 0.3) is 0 Å². The number of aryl methyl sites for hydroxylation is 1. The third-order valence-corrected chi connectivity index (χ3v) is 4.15. The molecule has 0 aliphatic carbocycles. The molecule has 21 heavy (non-hydrogen) atoms. The minimum absolute atomic E-state index is 0.186. The van der Waals surface area contributed by atoms with Crippen molar-refractivity contribution in [3.05, 3.63) is 65.0 Å². The van der Waals surface area contributed by atoms with Crippen LogP contribution in [-0.2, 0) is 12.8 Å². The molecule has 0 aromatic heterocycles. The van der Waals surface area contributed by atoms with Gasteiger partial charge in [0, 0.05) is 5.88 Å². The molecule has 0 aliphatic heterocycles. The normalized spacial score (nSPS) is 12.2. The fraction of sp³-hybridized carbons (Fsp3) is 0.333. The summed E-state index contributed by atoms with van der Waals surface area (Å²) < 4.78 is 18.3. The van der Waals surface area contributed by atoms with Crippen LogP contribution in [-0.4, -0.2) is 13.0 Å². The summed E-state index contributed by atoms with van der Waals surface area (Å²) in [5.41, 5.74) is 3.39. The molecular weight excluding hydrogens is 287 g/mol. The van der Waals surface area contributed by atoms with Gasteiger partial charge in [0.15, 0.2) is 0 Å². The standard InChI is InChI=1S/C18H20ClFO/c1-13-9-17(20)6-5-16(13)11-15(12-19)10-14-3-7-18(21-2)8-4-14/h3-9,15H,10-12H2,1-2H3. The van der Waals surface area contributed by atoms with Gasteiger partial charge in [-0.2, -0.15) is 0 Å². The number of benzene rings is 2. The highest BCUT2D eigenvalue weighted by Gasteiger charge is 2.12. The Kier molecular flexibility index (Phi) is 5.63. The van der Waals surface area contributed by atoms with Crippen molar-refractivity contribution in [1.82, 2.24) is 0 Å². The van der Waals surface area contributed by atoms with Gasteiger partial charge in [0.1, 0.15) is 11.6 Å². The average molecular weight is 307 g/mol. The molecule has 0 aliphatic rings. The highest BCUT2D eigenvalue weighted by atomic mass is 35.5. The van der Waals surface area contributed by atoms with Crippen molar-refractivity contribution in [1.29, 1.82) is 0 Å². The Morgan fingerprint density at radius 1 is 1.10 bits per heavy atom. The molecule has 0 N–H and O–H groups in total. The first-order valence-electron chi connectivity index (χ1n) is 7.06. The maximum absolute atomic E-state index is 13.1. The van der Waals surface area contributed by atoms with Gasteiger partial charge < -0.3 is 4.74 Å². The number of ether oxygens (including phenoxy) is 1. The highest BCUT2D eigenvalue weighted by molar-refractivity contribution is 6.18. The summed E-state index contributed by atoms with van der Waals surface area (Å²) in [6.07, 6.45) is 1.77. The van der Waals surface area contributed by atoms with E-state index in [-0.39, 0.29) is 5.82 Å². The van der Waals surface area contributed by atoms with Crippen LogP contribution in [0.4, 0.5) is 4.39 Å². The Balaban J connectivity index is 2.05. The van der Waals surface area contributed by atoms with E-state index in [9.17, 15) is 4.39 Å². The lowest BCUT2D eigenvalue weighted by Gasteiger charge is -2.16. The van der Waals surface area contributed by atoms with Crippen molar-refractivity contribution in [3.63, 3.8) is 0 Å². The zero-order valence-electron chi connectivity index (χ0n) is 12.4. The molecule has 1 nitrogen and oxygen atoms in total. The summed E-state index contributed by atoms with van der Waals surface area (Å²) in [6.45, 7) is 1.94. The molecule has 0 spiro atoms. The van der Waals surface area contributed by atoms with E-state index in [0.717, 1.165) is 29.7 Å². The highest BCUT2D eigenvalue weighted by Crippen LogP contribution is 2.21. The minimum Gasteiger partial charge on any atom is -0.497 e. The maximum Gasteiger partial charge on any atom is 0.123 e. The molecule has 0 saturated heterocycles. The Morgan fingerprint density at radius 2 is 1.81 bits per heavy atom. The minimum atomic E-state index is -0.186. The third-order valence-electron chi connectivity index (χ3n) is 3.71. The summed E-state index contributed by atoms with van der Waals surface area (Å²) in [5.74, 6) is 1.59. The van der Waals surface area contributed by atoms with E-state index < -0.39 is 0 Å². The molecule has 0 radical (unpaired) electrons. The van der Waals surface area contributed by atoms with Crippen LogP contribution in [0.2, 0.25) is 0 Å². The van der Waals surface area contributed by atoms with E-state index in [0.29, 0.717) is 11.8 Å². The van der Waals surface area contributed by atoms with Gasteiger partial charge in [0.2, 0.25) is 0 Å². The van der Waals surface area contributed by atoms with Crippen LogP contribution < -0.4 is 4.74 Å². The summed E-state index contributed by atoms with van der Waals surface area (Å²) >= 11 is 6.11. The second-order valence-corrected chi connectivity index (χ2v) is 5.66. The third kappa shape index (κ3) is 4.47. The van der Waals surface area contributed by atoms with Crippen molar-refractivity contribution < 1.29 is 9.13 Å². The molecule has 2 aromatic carbocycles. The number of hydrogen-bond acceptors (Lipinski definition) is 1. The number of rotatable bonds is 6. The summed E-state index contributed by atoms with van der Waals surface area (Å²) in [5, 5.41) is 0. The van der Waals surface area contributed by atoms with Crippen molar-refractivity contribution in [2.75, 3.05) is 13.0 Å². The van der Waals surface area contributed by atoms with Crippen LogP contribution in [0.1, 0.15) is 16.7 Å². The van der Waals surface area contributed by atoms with Gasteiger partial charge in [-0.25, -0.2) is 4.39 Å². The van der Waals surface area contributed by atoms with Crippen molar-refractivity contribution in [3.8, 4) is 5.75 Å². The van der Waals surface area contributed by atoms with Crippen LogP contribution in [0.25, 0.3) is 0 Å². The van der Waals surface area contributed by atoms with E-state index >= 15 is 0 Å². The fourth-order valence-electron chi connectivity index (χ4n) is 2.48. The Hall–Kier alpha value is -1.54. The van der Waals surface area contributed by atoms with E-state index in [4.69, 9.17) is 16.3 Å². The quantitative estimate of drug-likeness (QED) is 0.698. The molecule has 112 valence electrons. The van der Waals surface area contributed by atoms with Gasteiger partial charge >= 0.3 is 0 Å². The van der Waals surface area contributed by atoms with Gasteiger partial charge in [-0.3, -0.25) is 0 Å². The molecule has 1 atom stereocenters. The molecule has 3 heteroatoms. The molecular formula is C18H20ClFO. The monoisotopic (exact) mass is 306 g/mol. The molecule has 0 saturated carbocycles. The van der Waals surface area contributed by atoms with Crippen LogP contribution in [0, 0.1) is 18.7 Å². The molecule has 2 rings (SSSR count). The summed E-state index contributed by atoms with van der Waals surface area (Å²) in [7, 11) is 1.66. The molecule has 1 unspecified atom stereocenters. The SMILES string of the molecule is COc1ccc(CC(CCl)Cc2ccc(F)cc2C)cc1. The van der Waals surface area contributed by atoms with Crippen molar-refractivity contribution in [2.24, 2.45) is 5.92 Å². The number of alkyl halides is 1. The smallest absolute Gasteiger partial charge is 0.123 e. The van der Waals surface area contributed by atoms with E-state index in [1.807, 2.05) is 25.1 Å². The predicted molar refractivity (Wildman–Crippen MR) is 85.7 cm³/mol. The van der Waals surface area contributed by atoms with Crippen molar-refractivity contribution in [2.45, 2.75) is 19.8 Å². The fourth-order valence-corrected chi connectivity index (χ4v) is 2.69. The first kappa shape index (κ1) is 15.8. The van der Waals surface area contributed by atoms with Crippen LogP contribution in [0.5, 0.6) is 5.75 Å². The van der Waals surface area contributed by atoms with Gasteiger partial charge in [-0.05, 0) is 66.6 Å². The lowest BCUT2D eigenvalue weighted by molar-refractivity contribution is 0.414. The zero-order valence-corrected chi connectivity index (χ0v) is 13.2. The topological polar surface area (TPSA) is 9.23 Å². The molecule has 0 amide bonds. The van der Waals surface area contributed by atoms with Crippen molar-refractivity contribution >= 4 is 11.6 Å². The average Bonchev–Trinajstić information content (AvgIpc) is 2.49. The lowest BCUT2D eigenvalue weighted by Crippen LogP contribution is -2.11.